The molecule has 4 nitrogen and oxygen atoms in total. The number of amides is 1. The maximum Gasteiger partial charge on any atom is 0.224 e. The molecule has 0 fully saturated rings. The number of hydrogen-bond donors (Lipinski definition) is 1. The van der Waals surface area contributed by atoms with Crippen molar-refractivity contribution in [1.82, 2.24) is 4.98 Å². The fourth-order valence-corrected chi connectivity index (χ4v) is 0.897. The van der Waals surface area contributed by atoms with Crippen molar-refractivity contribution in [2.45, 2.75) is 13.5 Å². The first kappa shape index (κ1) is 9.67. The third-order valence-corrected chi connectivity index (χ3v) is 1.86. The number of hydrogen-bond acceptors (Lipinski definition) is 3. The summed E-state index contributed by atoms with van der Waals surface area (Å²) in [6, 6.07) is 3.64. The minimum atomic E-state index is -0.0343. The molecule has 4 heteroatoms. The third kappa shape index (κ3) is 2.26. The summed E-state index contributed by atoms with van der Waals surface area (Å²) < 4.78 is 0. The van der Waals surface area contributed by atoms with Crippen molar-refractivity contribution in [2.24, 2.45) is 5.73 Å². The van der Waals surface area contributed by atoms with E-state index in [1.54, 1.807) is 19.3 Å². The molecule has 0 saturated carbocycles. The van der Waals surface area contributed by atoms with Crippen molar-refractivity contribution < 1.29 is 4.79 Å². The SMILES string of the molecule is CC(=O)N(C)c1ccc(CN)cn1. The molecule has 0 aliphatic carbocycles. The van der Waals surface area contributed by atoms with E-state index in [0.717, 1.165) is 5.56 Å². The van der Waals surface area contributed by atoms with E-state index in [2.05, 4.69) is 4.98 Å². The molecule has 70 valence electrons. The van der Waals surface area contributed by atoms with E-state index in [4.69, 9.17) is 5.73 Å². The van der Waals surface area contributed by atoms with Crippen LogP contribution in [0.2, 0.25) is 0 Å². The van der Waals surface area contributed by atoms with Gasteiger partial charge < -0.3 is 10.6 Å². The predicted octanol–water partition coefficient (Wildman–Crippen LogP) is 0.523. The van der Waals surface area contributed by atoms with Gasteiger partial charge in [-0.25, -0.2) is 4.98 Å². The minimum Gasteiger partial charge on any atom is -0.326 e. The number of rotatable bonds is 2. The van der Waals surface area contributed by atoms with Crippen LogP contribution in [-0.4, -0.2) is 17.9 Å². The van der Waals surface area contributed by atoms with Gasteiger partial charge in [-0.05, 0) is 11.6 Å². The van der Waals surface area contributed by atoms with Crippen molar-refractivity contribution in [1.29, 1.82) is 0 Å². The molecular weight excluding hydrogens is 166 g/mol. The lowest BCUT2D eigenvalue weighted by molar-refractivity contribution is -0.116. The van der Waals surface area contributed by atoms with Gasteiger partial charge in [0.25, 0.3) is 0 Å². The average molecular weight is 179 g/mol. The van der Waals surface area contributed by atoms with Gasteiger partial charge in [-0.15, -0.1) is 0 Å². The zero-order chi connectivity index (χ0) is 9.84. The molecule has 0 radical (unpaired) electrons. The molecule has 13 heavy (non-hydrogen) atoms. The van der Waals surface area contributed by atoms with E-state index < -0.39 is 0 Å². The summed E-state index contributed by atoms with van der Waals surface area (Å²) in [7, 11) is 1.69. The fraction of sp³-hybridized carbons (Fsp3) is 0.333. The van der Waals surface area contributed by atoms with Crippen LogP contribution < -0.4 is 10.6 Å². The number of aromatic nitrogens is 1. The predicted molar refractivity (Wildman–Crippen MR) is 51.2 cm³/mol. The fourth-order valence-electron chi connectivity index (χ4n) is 0.897. The molecule has 0 spiro atoms. The summed E-state index contributed by atoms with van der Waals surface area (Å²) in [6.07, 6.45) is 1.68. The highest BCUT2D eigenvalue weighted by Gasteiger charge is 2.05. The molecule has 0 atom stereocenters. The molecule has 1 amide bonds. The van der Waals surface area contributed by atoms with Gasteiger partial charge in [0.05, 0.1) is 0 Å². The van der Waals surface area contributed by atoms with Crippen molar-refractivity contribution in [2.75, 3.05) is 11.9 Å². The number of nitrogens with two attached hydrogens (primary N) is 1. The first-order chi connectivity index (χ1) is 6.15. The van der Waals surface area contributed by atoms with E-state index in [9.17, 15) is 4.79 Å². The van der Waals surface area contributed by atoms with Crippen LogP contribution in [0.15, 0.2) is 18.3 Å². The Bertz CT molecular complexity index is 294. The highest BCUT2D eigenvalue weighted by atomic mass is 16.2. The molecule has 0 bridgehead atoms. The summed E-state index contributed by atoms with van der Waals surface area (Å²) >= 11 is 0. The van der Waals surface area contributed by atoms with Crippen LogP contribution in [0.3, 0.4) is 0 Å². The number of pyridine rings is 1. The first-order valence-corrected chi connectivity index (χ1v) is 4.04. The molecular formula is C9H13N3O. The second-order valence-corrected chi connectivity index (χ2v) is 2.81. The Labute approximate surface area is 77.4 Å². The van der Waals surface area contributed by atoms with E-state index in [1.165, 1.54) is 11.8 Å². The van der Waals surface area contributed by atoms with Crippen LogP contribution in [0.5, 0.6) is 0 Å². The molecule has 1 rings (SSSR count). The van der Waals surface area contributed by atoms with E-state index in [-0.39, 0.29) is 5.91 Å². The number of anilines is 1. The average Bonchev–Trinajstić information content (AvgIpc) is 2.17. The summed E-state index contributed by atoms with van der Waals surface area (Å²) in [5, 5.41) is 0. The van der Waals surface area contributed by atoms with Gasteiger partial charge in [0.1, 0.15) is 5.82 Å². The van der Waals surface area contributed by atoms with Gasteiger partial charge >= 0.3 is 0 Å². The largest absolute Gasteiger partial charge is 0.326 e. The van der Waals surface area contributed by atoms with Gasteiger partial charge in [-0.1, -0.05) is 6.07 Å². The smallest absolute Gasteiger partial charge is 0.224 e. The molecule has 0 unspecified atom stereocenters. The maximum atomic E-state index is 11.0. The summed E-state index contributed by atoms with van der Waals surface area (Å²) in [5.41, 5.74) is 6.37. The van der Waals surface area contributed by atoms with Gasteiger partial charge in [0.15, 0.2) is 0 Å². The van der Waals surface area contributed by atoms with Crippen molar-refractivity contribution in [3.05, 3.63) is 23.9 Å². The third-order valence-electron chi connectivity index (χ3n) is 1.86. The summed E-state index contributed by atoms with van der Waals surface area (Å²) in [5.74, 6) is 0.609. The van der Waals surface area contributed by atoms with Gasteiger partial charge in [0, 0.05) is 26.7 Å². The quantitative estimate of drug-likeness (QED) is 0.720. The molecule has 1 aromatic heterocycles. The Balaban J connectivity index is 2.85. The maximum absolute atomic E-state index is 11.0. The first-order valence-electron chi connectivity index (χ1n) is 4.04. The normalized spacial score (nSPS) is 9.77. The van der Waals surface area contributed by atoms with E-state index in [1.807, 2.05) is 6.07 Å². The molecule has 1 heterocycles. The van der Waals surface area contributed by atoms with Crippen LogP contribution in [0, 0.1) is 0 Å². The zero-order valence-electron chi connectivity index (χ0n) is 7.82. The number of carbonyl (C=O) groups is 1. The lowest BCUT2D eigenvalue weighted by Gasteiger charge is -2.13. The summed E-state index contributed by atoms with van der Waals surface area (Å²) in [6.45, 7) is 1.97. The molecule has 1 aromatic rings. The van der Waals surface area contributed by atoms with Crippen LogP contribution in [0.1, 0.15) is 12.5 Å². The molecule has 0 saturated heterocycles. The zero-order valence-corrected chi connectivity index (χ0v) is 7.82. The van der Waals surface area contributed by atoms with Crippen molar-refractivity contribution >= 4 is 11.7 Å². The van der Waals surface area contributed by atoms with Crippen LogP contribution >= 0.6 is 0 Å². The molecule has 0 aliphatic rings. The molecule has 2 N–H and O–H groups in total. The molecule has 0 aliphatic heterocycles. The number of nitrogens with zero attached hydrogens (tertiary/aromatic N) is 2. The Kier molecular flexibility index (Phi) is 2.97. The van der Waals surface area contributed by atoms with Crippen LogP contribution in [-0.2, 0) is 11.3 Å². The topological polar surface area (TPSA) is 59.2 Å². The Hall–Kier alpha value is -1.42. The van der Waals surface area contributed by atoms with E-state index >= 15 is 0 Å². The second-order valence-electron chi connectivity index (χ2n) is 2.81. The highest BCUT2D eigenvalue weighted by Crippen LogP contribution is 2.08. The van der Waals surface area contributed by atoms with Crippen molar-refractivity contribution in [3.8, 4) is 0 Å². The van der Waals surface area contributed by atoms with Gasteiger partial charge in [-0.3, -0.25) is 4.79 Å². The van der Waals surface area contributed by atoms with Gasteiger partial charge in [0.2, 0.25) is 5.91 Å². The van der Waals surface area contributed by atoms with Crippen molar-refractivity contribution in [3.63, 3.8) is 0 Å². The van der Waals surface area contributed by atoms with Gasteiger partial charge in [-0.2, -0.15) is 0 Å². The second kappa shape index (κ2) is 4.00. The lowest BCUT2D eigenvalue weighted by Crippen LogP contribution is -2.23. The summed E-state index contributed by atoms with van der Waals surface area (Å²) in [4.78, 5) is 16.5. The highest BCUT2D eigenvalue weighted by molar-refractivity contribution is 5.89. The molecule has 0 aromatic carbocycles. The standard InChI is InChI=1S/C9H13N3O/c1-7(13)12(2)9-4-3-8(5-10)6-11-9/h3-4,6H,5,10H2,1-2H3. The lowest BCUT2D eigenvalue weighted by atomic mass is 10.3. The van der Waals surface area contributed by atoms with Crippen LogP contribution in [0.25, 0.3) is 0 Å². The Morgan fingerprint density at radius 1 is 1.62 bits per heavy atom. The Morgan fingerprint density at radius 3 is 2.69 bits per heavy atom. The Morgan fingerprint density at radius 2 is 2.31 bits per heavy atom. The monoisotopic (exact) mass is 179 g/mol. The van der Waals surface area contributed by atoms with Crippen LogP contribution in [0.4, 0.5) is 5.82 Å². The van der Waals surface area contributed by atoms with E-state index in [0.29, 0.717) is 12.4 Å². The minimum absolute atomic E-state index is 0.0343. The number of carbonyl (C=O) groups excluding carboxylic acids is 1.